The van der Waals surface area contributed by atoms with Crippen LogP contribution in [0.1, 0.15) is 37.9 Å². The van der Waals surface area contributed by atoms with Crippen molar-refractivity contribution in [1.29, 1.82) is 0 Å². The highest BCUT2D eigenvalue weighted by Crippen LogP contribution is 2.21. The van der Waals surface area contributed by atoms with Gasteiger partial charge < -0.3 is 19.2 Å². The molecular weight excluding hydrogens is 477 g/mol. The molecule has 4 aromatic rings. The maximum absolute atomic E-state index is 13.3. The van der Waals surface area contributed by atoms with E-state index in [0.717, 1.165) is 5.69 Å². The predicted molar refractivity (Wildman–Crippen MR) is 126 cm³/mol. The quantitative estimate of drug-likeness (QED) is 0.334. The third-order valence-corrected chi connectivity index (χ3v) is 5.45. The molecule has 35 heavy (non-hydrogen) atoms. The van der Waals surface area contributed by atoms with Crippen molar-refractivity contribution in [2.75, 3.05) is 12.4 Å². The van der Waals surface area contributed by atoms with E-state index in [1.807, 2.05) is 6.92 Å². The number of aryl methyl sites for hydroxylation is 1. The van der Waals surface area contributed by atoms with Crippen LogP contribution in [0.2, 0.25) is 5.02 Å². The molecule has 4 rings (SSSR count). The lowest BCUT2D eigenvalue weighted by Gasteiger charge is -2.06. The number of nitrogens with one attached hydrogen (secondary N) is 1. The van der Waals surface area contributed by atoms with Gasteiger partial charge in [-0.1, -0.05) is 17.7 Å². The Labute approximate surface area is 205 Å². The number of carbonyl (C=O) groups is 2. The molecule has 0 aliphatic heterocycles. The lowest BCUT2D eigenvalue weighted by Crippen LogP contribution is -2.12. The van der Waals surface area contributed by atoms with E-state index in [4.69, 9.17) is 20.8 Å². The molecular formula is C25H21ClFN3O5. The fourth-order valence-electron chi connectivity index (χ4n) is 3.26. The summed E-state index contributed by atoms with van der Waals surface area (Å²) in [7, 11) is 1.31. The number of aromatic nitrogens is 2. The zero-order valence-electron chi connectivity index (χ0n) is 18.9. The van der Waals surface area contributed by atoms with E-state index in [1.165, 1.54) is 25.3 Å². The van der Waals surface area contributed by atoms with E-state index in [0.29, 0.717) is 40.0 Å². The summed E-state index contributed by atoms with van der Waals surface area (Å²) in [6, 6.07) is 15.5. The zero-order chi connectivity index (χ0) is 24.9. The molecule has 180 valence electrons. The molecule has 0 fully saturated rings. The Hall–Kier alpha value is -4.11. The molecule has 0 saturated heterocycles. The van der Waals surface area contributed by atoms with Gasteiger partial charge in [0.2, 0.25) is 0 Å². The molecule has 2 heterocycles. The van der Waals surface area contributed by atoms with Crippen molar-refractivity contribution in [3.05, 3.63) is 99.8 Å². The van der Waals surface area contributed by atoms with E-state index in [2.05, 4.69) is 15.2 Å². The molecule has 0 unspecified atom stereocenters. The van der Waals surface area contributed by atoms with Gasteiger partial charge in [0.25, 0.3) is 5.91 Å². The maximum Gasteiger partial charge on any atom is 0.337 e. The number of hydrogen-bond acceptors (Lipinski definition) is 6. The number of nitrogens with zero attached hydrogens (tertiary/aromatic N) is 2. The van der Waals surface area contributed by atoms with Crippen molar-refractivity contribution >= 4 is 29.3 Å². The van der Waals surface area contributed by atoms with Crippen LogP contribution in [0.25, 0.3) is 0 Å². The van der Waals surface area contributed by atoms with Crippen LogP contribution in [-0.2, 0) is 17.9 Å². The van der Waals surface area contributed by atoms with Crippen LogP contribution < -0.4 is 10.1 Å². The van der Waals surface area contributed by atoms with E-state index in [-0.39, 0.29) is 12.4 Å². The molecule has 1 N–H and O–H groups in total. The maximum atomic E-state index is 13.3. The molecule has 0 aliphatic rings. The van der Waals surface area contributed by atoms with Crippen molar-refractivity contribution in [3.8, 4) is 5.75 Å². The zero-order valence-corrected chi connectivity index (χ0v) is 19.6. The van der Waals surface area contributed by atoms with Crippen LogP contribution in [0.4, 0.5) is 10.2 Å². The summed E-state index contributed by atoms with van der Waals surface area (Å²) in [6.07, 6.45) is 0. The number of ether oxygens (including phenoxy) is 2. The monoisotopic (exact) mass is 497 g/mol. The molecule has 0 atom stereocenters. The lowest BCUT2D eigenvalue weighted by atomic mass is 10.2. The number of hydrogen-bond donors (Lipinski definition) is 1. The Morgan fingerprint density at radius 2 is 1.89 bits per heavy atom. The SMILES string of the molecule is COC(=O)c1ccc(OCc2ccc(C(=O)Nc3cc(C)n(Cc4ccc(F)cc4Cl)n3)o2)cc1. The van der Waals surface area contributed by atoms with Gasteiger partial charge >= 0.3 is 5.97 Å². The van der Waals surface area contributed by atoms with Crippen LogP contribution in [0.15, 0.2) is 65.1 Å². The molecule has 2 aromatic heterocycles. The third kappa shape index (κ3) is 5.88. The number of carbonyl (C=O) groups excluding carboxylic acids is 2. The van der Waals surface area contributed by atoms with Crippen molar-refractivity contribution in [3.63, 3.8) is 0 Å². The standard InChI is InChI=1S/C25H21ClFN3O5/c1-15-11-23(29-30(15)13-17-3-6-18(27)12-21(17)26)28-24(31)22-10-9-20(35-22)14-34-19-7-4-16(5-8-19)25(32)33-2/h3-12H,13-14H2,1-2H3,(H,28,29,31). The number of rotatable bonds is 8. The fourth-order valence-corrected chi connectivity index (χ4v) is 3.48. The Bertz CT molecular complexity index is 1360. The summed E-state index contributed by atoms with van der Waals surface area (Å²) in [5.74, 6) is 0.0930. The lowest BCUT2D eigenvalue weighted by molar-refractivity contribution is 0.0600. The molecule has 2 aromatic carbocycles. The van der Waals surface area contributed by atoms with Crippen LogP contribution in [0.5, 0.6) is 5.75 Å². The number of benzene rings is 2. The van der Waals surface area contributed by atoms with Gasteiger partial charge in [-0.05, 0) is 61.0 Å². The molecule has 0 bridgehead atoms. The van der Waals surface area contributed by atoms with Crippen LogP contribution in [-0.4, -0.2) is 28.8 Å². The van der Waals surface area contributed by atoms with E-state index >= 15 is 0 Å². The molecule has 0 spiro atoms. The number of halogens is 2. The summed E-state index contributed by atoms with van der Waals surface area (Å²) >= 11 is 6.10. The van der Waals surface area contributed by atoms with Gasteiger partial charge in [0.05, 0.1) is 19.2 Å². The molecule has 0 saturated carbocycles. The van der Waals surface area contributed by atoms with Crippen molar-refractivity contribution in [2.24, 2.45) is 0 Å². The summed E-state index contributed by atoms with van der Waals surface area (Å²) in [4.78, 5) is 24.1. The second-order valence-electron chi connectivity index (χ2n) is 7.59. The van der Waals surface area contributed by atoms with Gasteiger partial charge in [0, 0.05) is 16.8 Å². The van der Waals surface area contributed by atoms with E-state index < -0.39 is 17.7 Å². The largest absolute Gasteiger partial charge is 0.486 e. The van der Waals surface area contributed by atoms with Crippen molar-refractivity contribution in [1.82, 2.24) is 9.78 Å². The molecule has 0 aliphatic carbocycles. The average molecular weight is 498 g/mol. The Morgan fingerprint density at radius 3 is 2.60 bits per heavy atom. The minimum atomic E-state index is -0.469. The van der Waals surface area contributed by atoms with Crippen molar-refractivity contribution < 1.29 is 27.9 Å². The van der Waals surface area contributed by atoms with Crippen LogP contribution in [0.3, 0.4) is 0 Å². The van der Waals surface area contributed by atoms with E-state index in [9.17, 15) is 14.0 Å². The molecule has 8 nitrogen and oxygen atoms in total. The van der Waals surface area contributed by atoms with E-state index in [1.54, 1.807) is 47.1 Å². The first-order chi connectivity index (χ1) is 16.8. The van der Waals surface area contributed by atoms with Crippen molar-refractivity contribution in [2.45, 2.75) is 20.1 Å². The van der Waals surface area contributed by atoms with Gasteiger partial charge in [-0.3, -0.25) is 9.48 Å². The Morgan fingerprint density at radius 1 is 1.11 bits per heavy atom. The second-order valence-corrected chi connectivity index (χ2v) is 8.00. The normalized spacial score (nSPS) is 10.7. The third-order valence-electron chi connectivity index (χ3n) is 5.10. The second kappa shape index (κ2) is 10.4. The summed E-state index contributed by atoms with van der Waals surface area (Å²) < 4.78 is 30.8. The number of furan rings is 1. The summed E-state index contributed by atoms with van der Waals surface area (Å²) in [5, 5.41) is 7.37. The highest BCUT2D eigenvalue weighted by molar-refractivity contribution is 6.31. The number of amides is 1. The van der Waals surface area contributed by atoms with Crippen LogP contribution in [0, 0.1) is 12.7 Å². The number of esters is 1. The number of methoxy groups -OCH3 is 1. The van der Waals surface area contributed by atoms with Gasteiger partial charge in [-0.25, -0.2) is 9.18 Å². The minimum absolute atomic E-state index is 0.0943. The molecule has 1 amide bonds. The first-order valence-electron chi connectivity index (χ1n) is 10.5. The first kappa shape index (κ1) is 24.0. The predicted octanol–water partition coefficient (Wildman–Crippen LogP) is 5.24. The minimum Gasteiger partial charge on any atom is -0.486 e. The van der Waals surface area contributed by atoms with Gasteiger partial charge in [0.1, 0.15) is 23.9 Å². The average Bonchev–Trinajstić information content (AvgIpc) is 3.46. The summed E-state index contributed by atoms with van der Waals surface area (Å²) in [6.45, 7) is 2.25. The fraction of sp³-hybridized carbons (Fsp3) is 0.160. The Balaban J connectivity index is 1.35. The van der Waals surface area contributed by atoms with Gasteiger partial charge in [-0.2, -0.15) is 5.10 Å². The van der Waals surface area contributed by atoms with Crippen LogP contribution >= 0.6 is 11.6 Å². The van der Waals surface area contributed by atoms with Gasteiger partial charge in [0.15, 0.2) is 11.6 Å². The highest BCUT2D eigenvalue weighted by Gasteiger charge is 2.15. The first-order valence-corrected chi connectivity index (χ1v) is 10.9. The topological polar surface area (TPSA) is 95.6 Å². The molecule has 10 heteroatoms. The summed E-state index contributed by atoms with van der Waals surface area (Å²) in [5.41, 5.74) is 1.90. The number of anilines is 1. The highest BCUT2D eigenvalue weighted by atomic mass is 35.5. The molecule has 0 radical (unpaired) electrons. The Kier molecular flexibility index (Phi) is 7.17. The smallest absolute Gasteiger partial charge is 0.337 e. The van der Waals surface area contributed by atoms with Gasteiger partial charge in [-0.15, -0.1) is 0 Å².